The van der Waals surface area contributed by atoms with Crippen LogP contribution in [0.4, 0.5) is 24.9 Å². The average molecular weight is 524 g/mol. The Balaban J connectivity index is 1.10. The maximum atomic E-state index is 13.0. The fourth-order valence-corrected chi connectivity index (χ4v) is 5.04. The van der Waals surface area contributed by atoms with Gasteiger partial charge in [-0.3, -0.25) is 0 Å². The Morgan fingerprint density at radius 1 is 0.947 bits per heavy atom. The third kappa shape index (κ3) is 6.10. The highest BCUT2D eigenvalue weighted by atomic mass is 19.4. The smallest absolute Gasteiger partial charge is 0.416 e. The molecule has 1 aliphatic rings. The maximum Gasteiger partial charge on any atom is 0.416 e. The number of nitrogens with zero attached hydrogens (tertiary/aromatic N) is 3. The molecule has 0 bridgehead atoms. The number of alkyl halides is 3. The molecule has 0 unspecified atom stereocenters. The van der Waals surface area contributed by atoms with Crippen LogP contribution in [0.25, 0.3) is 22.2 Å². The largest absolute Gasteiger partial charge is 0.460 e. The van der Waals surface area contributed by atoms with Gasteiger partial charge in [0.05, 0.1) is 17.6 Å². The molecule has 1 aliphatic carbocycles. The van der Waals surface area contributed by atoms with Crippen LogP contribution in [0.3, 0.4) is 0 Å². The summed E-state index contributed by atoms with van der Waals surface area (Å²) in [4.78, 5) is 11.5. The summed E-state index contributed by atoms with van der Waals surface area (Å²) in [7, 11) is 3.98. The van der Waals surface area contributed by atoms with E-state index in [-0.39, 0.29) is 0 Å². The van der Waals surface area contributed by atoms with Gasteiger partial charge in [-0.05, 0) is 74.5 Å². The Morgan fingerprint density at radius 3 is 2.50 bits per heavy atom. The number of para-hydroxylation sites is 1. The fourth-order valence-electron chi connectivity index (χ4n) is 5.04. The van der Waals surface area contributed by atoms with Crippen LogP contribution in [-0.4, -0.2) is 36.6 Å². The van der Waals surface area contributed by atoms with Gasteiger partial charge in [0, 0.05) is 31.1 Å². The highest BCUT2D eigenvalue weighted by Crippen LogP contribution is 2.33. The number of aromatic nitrogens is 2. The van der Waals surface area contributed by atoms with Gasteiger partial charge < -0.3 is 20.0 Å². The van der Waals surface area contributed by atoms with Crippen LogP contribution < -0.4 is 15.5 Å². The van der Waals surface area contributed by atoms with Crippen LogP contribution in [0.1, 0.15) is 37.0 Å². The summed E-state index contributed by atoms with van der Waals surface area (Å²) in [5.41, 5.74) is 0.673. The second-order valence-corrected chi connectivity index (χ2v) is 10.1. The molecule has 5 rings (SSSR count). The molecule has 6 nitrogen and oxygen atoms in total. The molecule has 0 atom stereocenters. The van der Waals surface area contributed by atoms with Crippen LogP contribution in [0.5, 0.6) is 0 Å². The molecule has 1 saturated carbocycles. The molecular weight excluding hydrogens is 491 g/mol. The zero-order chi connectivity index (χ0) is 26.7. The zero-order valence-electron chi connectivity index (χ0n) is 21.6. The molecule has 38 heavy (non-hydrogen) atoms. The monoisotopic (exact) mass is 523 g/mol. The second-order valence-electron chi connectivity index (χ2n) is 10.1. The maximum absolute atomic E-state index is 13.0. The summed E-state index contributed by atoms with van der Waals surface area (Å²) < 4.78 is 44.9. The number of benzene rings is 2. The van der Waals surface area contributed by atoms with Crippen molar-refractivity contribution in [1.29, 1.82) is 0 Å². The summed E-state index contributed by atoms with van der Waals surface area (Å²) in [5.74, 6) is 3.28. The van der Waals surface area contributed by atoms with Gasteiger partial charge in [0.2, 0.25) is 5.95 Å². The van der Waals surface area contributed by atoms with Crippen LogP contribution >= 0.6 is 0 Å². The van der Waals surface area contributed by atoms with E-state index in [2.05, 4.69) is 10.6 Å². The topological polar surface area (TPSA) is 66.2 Å². The van der Waals surface area contributed by atoms with Crippen LogP contribution in [0, 0.1) is 5.92 Å². The van der Waals surface area contributed by atoms with Crippen LogP contribution in [-0.2, 0) is 12.7 Å². The SMILES string of the molecule is CN(C)c1nc(NC2CCC(CNCc3ccc(-c4cccc(C(F)(F)F)c4)o3)CC2)nc2ccccc12. The first kappa shape index (κ1) is 26.0. The van der Waals surface area contributed by atoms with Crippen molar-refractivity contribution >= 4 is 22.7 Å². The lowest BCUT2D eigenvalue weighted by Gasteiger charge is -2.29. The molecule has 2 heterocycles. The summed E-state index contributed by atoms with van der Waals surface area (Å²) >= 11 is 0. The van der Waals surface area contributed by atoms with E-state index in [0.29, 0.717) is 41.5 Å². The number of furan rings is 1. The number of hydrogen-bond donors (Lipinski definition) is 2. The molecule has 9 heteroatoms. The Bertz CT molecular complexity index is 1380. The van der Waals surface area contributed by atoms with Crippen molar-refractivity contribution in [1.82, 2.24) is 15.3 Å². The van der Waals surface area contributed by atoms with Crippen molar-refractivity contribution < 1.29 is 17.6 Å². The van der Waals surface area contributed by atoms with Gasteiger partial charge in [-0.1, -0.05) is 24.3 Å². The van der Waals surface area contributed by atoms with Gasteiger partial charge in [0.25, 0.3) is 0 Å². The number of nitrogens with one attached hydrogen (secondary N) is 2. The number of rotatable bonds is 8. The van der Waals surface area contributed by atoms with Gasteiger partial charge in [0.15, 0.2) is 0 Å². The van der Waals surface area contributed by atoms with Gasteiger partial charge >= 0.3 is 6.18 Å². The lowest BCUT2D eigenvalue weighted by Crippen LogP contribution is -2.31. The lowest BCUT2D eigenvalue weighted by molar-refractivity contribution is -0.137. The molecule has 0 spiro atoms. The van der Waals surface area contributed by atoms with E-state index in [1.165, 1.54) is 6.07 Å². The van der Waals surface area contributed by atoms with Gasteiger partial charge in [-0.2, -0.15) is 18.2 Å². The predicted molar refractivity (Wildman–Crippen MR) is 144 cm³/mol. The molecule has 2 N–H and O–H groups in total. The minimum absolute atomic E-state index is 0.336. The summed E-state index contributed by atoms with van der Waals surface area (Å²) in [6, 6.07) is 17.1. The van der Waals surface area contributed by atoms with Gasteiger partial charge in [-0.25, -0.2) is 4.98 Å². The first-order valence-electron chi connectivity index (χ1n) is 12.9. The van der Waals surface area contributed by atoms with E-state index >= 15 is 0 Å². The molecule has 0 radical (unpaired) electrons. The second kappa shape index (κ2) is 11.0. The third-order valence-electron chi connectivity index (χ3n) is 7.06. The first-order chi connectivity index (χ1) is 18.3. The highest BCUT2D eigenvalue weighted by Gasteiger charge is 2.30. The minimum atomic E-state index is -4.38. The summed E-state index contributed by atoms with van der Waals surface area (Å²) in [5, 5.41) is 8.04. The quantitative estimate of drug-likeness (QED) is 0.267. The van der Waals surface area contributed by atoms with E-state index in [1.807, 2.05) is 49.3 Å². The minimum Gasteiger partial charge on any atom is -0.460 e. The van der Waals surface area contributed by atoms with E-state index in [4.69, 9.17) is 14.4 Å². The first-order valence-corrected chi connectivity index (χ1v) is 12.9. The predicted octanol–water partition coefficient (Wildman–Crippen LogP) is 6.74. The van der Waals surface area contributed by atoms with E-state index in [1.54, 1.807) is 12.1 Å². The standard InChI is InChI=1S/C29H32F3N5O/c1-37(2)27-24-8-3-4-9-25(24)35-28(36-27)34-22-12-10-19(11-13-22)17-33-18-23-14-15-26(38-23)20-6-5-7-21(16-20)29(30,31)32/h3-9,14-16,19,22,33H,10-13,17-18H2,1-2H3,(H,34,35,36). The number of anilines is 2. The summed E-state index contributed by atoms with van der Waals surface area (Å²) in [6.07, 6.45) is -0.113. The molecule has 4 aromatic rings. The number of halogens is 3. The number of hydrogen-bond acceptors (Lipinski definition) is 6. The fraction of sp³-hybridized carbons (Fsp3) is 0.379. The average Bonchev–Trinajstić information content (AvgIpc) is 3.38. The Morgan fingerprint density at radius 2 is 1.74 bits per heavy atom. The Hall–Kier alpha value is -3.59. The normalized spacial score (nSPS) is 18.0. The summed E-state index contributed by atoms with van der Waals surface area (Å²) in [6.45, 7) is 1.40. The van der Waals surface area contributed by atoms with Crippen molar-refractivity contribution in [3.63, 3.8) is 0 Å². The molecule has 0 aliphatic heterocycles. The molecule has 1 fully saturated rings. The molecule has 2 aromatic carbocycles. The zero-order valence-corrected chi connectivity index (χ0v) is 21.6. The van der Waals surface area contributed by atoms with E-state index in [9.17, 15) is 13.2 Å². The molecule has 0 saturated heterocycles. The Labute approximate surface area is 220 Å². The van der Waals surface area contributed by atoms with E-state index < -0.39 is 11.7 Å². The molecule has 2 aromatic heterocycles. The van der Waals surface area contributed by atoms with Crippen molar-refractivity contribution in [2.24, 2.45) is 5.92 Å². The third-order valence-corrected chi connectivity index (χ3v) is 7.06. The van der Waals surface area contributed by atoms with Gasteiger partial charge in [-0.15, -0.1) is 0 Å². The van der Waals surface area contributed by atoms with Crippen LogP contribution in [0.15, 0.2) is 65.1 Å². The lowest BCUT2D eigenvalue weighted by atomic mass is 9.86. The van der Waals surface area contributed by atoms with E-state index in [0.717, 1.165) is 61.1 Å². The molecule has 200 valence electrons. The van der Waals surface area contributed by atoms with Gasteiger partial charge in [0.1, 0.15) is 17.3 Å². The van der Waals surface area contributed by atoms with Crippen molar-refractivity contribution in [3.8, 4) is 11.3 Å². The number of fused-ring (bicyclic) bond motifs is 1. The van der Waals surface area contributed by atoms with Crippen LogP contribution in [0.2, 0.25) is 0 Å². The van der Waals surface area contributed by atoms with Crippen molar-refractivity contribution in [3.05, 3.63) is 72.0 Å². The van der Waals surface area contributed by atoms with Crippen molar-refractivity contribution in [2.45, 2.75) is 44.4 Å². The molecular formula is C29H32F3N5O. The highest BCUT2D eigenvalue weighted by molar-refractivity contribution is 5.90. The van der Waals surface area contributed by atoms with Crippen molar-refractivity contribution in [2.75, 3.05) is 30.9 Å². The Kier molecular flexibility index (Phi) is 7.56. The molecule has 0 amide bonds.